The van der Waals surface area contributed by atoms with E-state index in [1.807, 2.05) is 26.0 Å². The first-order chi connectivity index (χ1) is 9.47. The van der Waals surface area contributed by atoms with Crippen LogP contribution in [0.2, 0.25) is 10.0 Å². The monoisotopic (exact) mass is 312 g/mol. The van der Waals surface area contributed by atoms with Crippen LogP contribution < -0.4 is 5.32 Å². The van der Waals surface area contributed by atoms with Gasteiger partial charge in [-0.3, -0.25) is 4.98 Å². The van der Waals surface area contributed by atoms with Crippen molar-refractivity contribution in [3.63, 3.8) is 0 Å². The van der Waals surface area contributed by atoms with Gasteiger partial charge in [-0.15, -0.1) is 0 Å². The van der Waals surface area contributed by atoms with Crippen LogP contribution in [0, 0.1) is 5.82 Å². The van der Waals surface area contributed by atoms with E-state index in [9.17, 15) is 4.39 Å². The minimum Gasteiger partial charge on any atom is -0.302 e. The van der Waals surface area contributed by atoms with Crippen molar-refractivity contribution in [3.05, 3.63) is 63.6 Å². The molecule has 20 heavy (non-hydrogen) atoms. The Bertz CT molecular complexity index is 587. The highest BCUT2D eigenvalue weighted by Gasteiger charge is 2.14. The average molecular weight is 313 g/mol. The molecule has 0 radical (unpaired) electrons. The van der Waals surface area contributed by atoms with E-state index < -0.39 is 0 Å². The van der Waals surface area contributed by atoms with Crippen molar-refractivity contribution in [3.8, 4) is 0 Å². The molecule has 0 unspecified atom stereocenters. The molecule has 2 nitrogen and oxygen atoms in total. The first-order valence-electron chi connectivity index (χ1n) is 6.30. The van der Waals surface area contributed by atoms with Crippen LogP contribution in [-0.4, -0.2) is 4.98 Å². The molecule has 2 aromatic rings. The molecule has 0 aliphatic heterocycles. The number of halogens is 3. The van der Waals surface area contributed by atoms with Crippen LogP contribution in [0.15, 0.2) is 36.5 Å². The maximum absolute atomic E-state index is 12.9. The zero-order valence-electron chi connectivity index (χ0n) is 11.2. The van der Waals surface area contributed by atoms with Crippen LogP contribution in [0.4, 0.5) is 4.39 Å². The molecule has 0 aliphatic rings. The number of nitrogens with one attached hydrogen (secondary N) is 1. The second kappa shape index (κ2) is 6.53. The predicted molar refractivity (Wildman–Crippen MR) is 80.6 cm³/mol. The molecule has 106 valence electrons. The fraction of sp³-hybridized carbons (Fsp3) is 0.267. The Kier molecular flexibility index (Phi) is 4.97. The molecule has 1 heterocycles. The van der Waals surface area contributed by atoms with Crippen LogP contribution in [0.1, 0.15) is 37.2 Å². The van der Waals surface area contributed by atoms with Crippen LogP contribution in [0.3, 0.4) is 0 Å². The second-order valence-corrected chi connectivity index (χ2v) is 5.52. The Morgan fingerprint density at radius 3 is 2.45 bits per heavy atom. The molecule has 0 saturated carbocycles. The van der Waals surface area contributed by atoms with Gasteiger partial charge in [0.1, 0.15) is 5.82 Å². The lowest BCUT2D eigenvalue weighted by Crippen LogP contribution is -2.23. The van der Waals surface area contributed by atoms with Crippen molar-refractivity contribution in [2.45, 2.75) is 25.9 Å². The smallest absolute Gasteiger partial charge is 0.141 e. The molecular weight excluding hydrogens is 298 g/mol. The minimum absolute atomic E-state index is 0.0163. The van der Waals surface area contributed by atoms with Crippen LogP contribution in [0.25, 0.3) is 0 Å². The first-order valence-corrected chi connectivity index (χ1v) is 7.05. The Morgan fingerprint density at radius 1 is 1.10 bits per heavy atom. The number of pyridine rings is 1. The van der Waals surface area contributed by atoms with Gasteiger partial charge in [-0.25, -0.2) is 4.39 Å². The third-order valence-electron chi connectivity index (χ3n) is 3.12. The van der Waals surface area contributed by atoms with Gasteiger partial charge < -0.3 is 5.32 Å². The second-order valence-electron chi connectivity index (χ2n) is 4.68. The normalized spacial score (nSPS) is 14.1. The Hall–Kier alpha value is -1.16. The molecular formula is C15H15Cl2FN2. The van der Waals surface area contributed by atoms with Crippen molar-refractivity contribution >= 4 is 23.2 Å². The lowest BCUT2D eigenvalue weighted by atomic mass is 10.1. The SMILES string of the molecule is C[C@@H](N[C@H](C)c1ccc(Cl)cc1Cl)c1ccc(F)cn1. The molecule has 2 atom stereocenters. The molecule has 1 aromatic carbocycles. The highest BCUT2D eigenvalue weighted by atomic mass is 35.5. The molecule has 0 fully saturated rings. The van der Waals surface area contributed by atoms with Gasteiger partial charge in [0.15, 0.2) is 0 Å². The molecule has 0 saturated heterocycles. The third-order valence-corrected chi connectivity index (χ3v) is 3.69. The number of rotatable bonds is 4. The zero-order chi connectivity index (χ0) is 14.7. The molecule has 5 heteroatoms. The first kappa shape index (κ1) is 15.2. The quantitative estimate of drug-likeness (QED) is 0.865. The molecule has 0 spiro atoms. The van der Waals surface area contributed by atoms with Crippen LogP contribution in [-0.2, 0) is 0 Å². The molecule has 0 aliphatic carbocycles. The summed E-state index contributed by atoms with van der Waals surface area (Å²) in [4.78, 5) is 4.07. The van der Waals surface area contributed by atoms with Gasteiger partial charge in [0.25, 0.3) is 0 Å². The third kappa shape index (κ3) is 3.69. The number of nitrogens with zero attached hydrogens (tertiary/aromatic N) is 1. The Balaban J connectivity index is 2.10. The lowest BCUT2D eigenvalue weighted by molar-refractivity contribution is 0.484. The maximum atomic E-state index is 12.9. The lowest BCUT2D eigenvalue weighted by Gasteiger charge is -2.21. The summed E-state index contributed by atoms with van der Waals surface area (Å²) in [5.74, 6) is -0.338. The molecule has 0 bridgehead atoms. The number of benzene rings is 1. The van der Waals surface area contributed by atoms with Crippen molar-refractivity contribution in [1.82, 2.24) is 10.3 Å². The molecule has 2 rings (SSSR count). The van der Waals surface area contributed by atoms with E-state index >= 15 is 0 Å². The molecule has 1 N–H and O–H groups in total. The highest BCUT2D eigenvalue weighted by Crippen LogP contribution is 2.27. The van der Waals surface area contributed by atoms with Gasteiger partial charge in [-0.2, -0.15) is 0 Å². The van der Waals surface area contributed by atoms with E-state index in [1.165, 1.54) is 12.3 Å². The maximum Gasteiger partial charge on any atom is 0.141 e. The van der Waals surface area contributed by atoms with E-state index in [2.05, 4.69) is 10.3 Å². The van der Waals surface area contributed by atoms with Crippen molar-refractivity contribution in [1.29, 1.82) is 0 Å². The van der Waals surface area contributed by atoms with Crippen molar-refractivity contribution < 1.29 is 4.39 Å². The number of hydrogen-bond acceptors (Lipinski definition) is 2. The van der Waals surface area contributed by atoms with E-state index in [1.54, 1.807) is 12.1 Å². The van der Waals surface area contributed by atoms with Gasteiger partial charge in [0, 0.05) is 22.1 Å². The summed E-state index contributed by atoms with van der Waals surface area (Å²) in [5, 5.41) is 4.61. The number of aromatic nitrogens is 1. The summed E-state index contributed by atoms with van der Waals surface area (Å²) in [7, 11) is 0. The van der Waals surface area contributed by atoms with Gasteiger partial charge in [0.2, 0.25) is 0 Å². The average Bonchev–Trinajstić information content (AvgIpc) is 2.39. The summed E-state index contributed by atoms with van der Waals surface area (Å²) in [6.07, 6.45) is 1.22. The van der Waals surface area contributed by atoms with E-state index in [-0.39, 0.29) is 17.9 Å². The standard InChI is InChI=1S/C15H15Cl2FN2/c1-9(13-5-3-11(16)7-14(13)17)20-10(2)15-6-4-12(18)8-19-15/h3-10,20H,1-2H3/t9-,10-/m1/s1. The van der Waals surface area contributed by atoms with Crippen LogP contribution in [0.5, 0.6) is 0 Å². The summed E-state index contributed by atoms with van der Waals surface area (Å²) < 4.78 is 12.9. The minimum atomic E-state index is -0.338. The van der Waals surface area contributed by atoms with Gasteiger partial charge in [-0.1, -0.05) is 29.3 Å². The van der Waals surface area contributed by atoms with Crippen molar-refractivity contribution in [2.24, 2.45) is 0 Å². The largest absolute Gasteiger partial charge is 0.302 e. The summed E-state index contributed by atoms with van der Waals surface area (Å²) in [6.45, 7) is 3.98. The fourth-order valence-electron chi connectivity index (χ4n) is 2.05. The van der Waals surface area contributed by atoms with E-state index in [4.69, 9.17) is 23.2 Å². The van der Waals surface area contributed by atoms with E-state index in [0.717, 1.165) is 11.3 Å². The summed E-state index contributed by atoms with van der Waals surface area (Å²) in [6, 6.07) is 8.51. The van der Waals surface area contributed by atoms with Gasteiger partial charge >= 0.3 is 0 Å². The fourth-order valence-corrected chi connectivity index (χ4v) is 2.62. The topological polar surface area (TPSA) is 24.9 Å². The van der Waals surface area contributed by atoms with Crippen molar-refractivity contribution in [2.75, 3.05) is 0 Å². The Morgan fingerprint density at radius 2 is 1.85 bits per heavy atom. The number of hydrogen-bond donors (Lipinski definition) is 1. The summed E-state index contributed by atoms with van der Waals surface area (Å²) >= 11 is 12.1. The zero-order valence-corrected chi connectivity index (χ0v) is 12.7. The van der Waals surface area contributed by atoms with Crippen LogP contribution >= 0.6 is 23.2 Å². The van der Waals surface area contributed by atoms with Gasteiger partial charge in [-0.05, 0) is 43.7 Å². The Labute approximate surface area is 127 Å². The summed E-state index contributed by atoms with van der Waals surface area (Å²) in [5.41, 5.74) is 1.74. The molecule has 1 aromatic heterocycles. The predicted octanol–water partition coefficient (Wildman–Crippen LogP) is 4.94. The van der Waals surface area contributed by atoms with E-state index in [0.29, 0.717) is 10.0 Å². The highest BCUT2D eigenvalue weighted by molar-refractivity contribution is 6.35. The molecule has 0 amide bonds. The van der Waals surface area contributed by atoms with Gasteiger partial charge in [0.05, 0.1) is 11.9 Å².